The lowest BCUT2D eigenvalue weighted by atomic mass is 9.82. The normalized spacial score (nSPS) is 37.5. The number of rotatable bonds is 3. The summed E-state index contributed by atoms with van der Waals surface area (Å²) in [7, 11) is 0. The van der Waals surface area contributed by atoms with E-state index < -0.39 is 0 Å². The molecule has 1 aliphatic heterocycles. The number of aliphatic hydroxyl groups is 1. The predicted molar refractivity (Wildman–Crippen MR) is 67.5 cm³/mol. The second-order valence-electron chi connectivity index (χ2n) is 5.66. The van der Waals surface area contributed by atoms with Gasteiger partial charge in [-0.05, 0) is 38.1 Å². The Bertz CT molecular complexity index is 207. The highest BCUT2D eigenvalue weighted by Crippen LogP contribution is 2.32. The molecule has 3 unspecified atom stereocenters. The molecular weight excluding hydrogens is 198 g/mol. The van der Waals surface area contributed by atoms with Gasteiger partial charge in [0.25, 0.3) is 0 Å². The average Bonchev–Trinajstić information content (AvgIpc) is 2.38. The van der Waals surface area contributed by atoms with Crippen molar-refractivity contribution in [1.82, 2.24) is 4.90 Å². The first kappa shape index (κ1) is 12.4. The monoisotopic (exact) mass is 225 g/mol. The van der Waals surface area contributed by atoms with Gasteiger partial charge in [-0.15, -0.1) is 0 Å². The maximum absolute atomic E-state index is 9.47. The lowest BCUT2D eigenvalue weighted by molar-refractivity contribution is 0.0282. The predicted octanol–water partition coefficient (Wildman–Crippen LogP) is 2.80. The Hall–Kier alpha value is -0.0800. The van der Waals surface area contributed by atoms with Crippen LogP contribution in [0.3, 0.4) is 0 Å². The van der Waals surface area contributed by atoms with Gasteiger partial charge in [0.15, 0.2) is 0 Å². The minimum absolute atomic E-state index is 0.368. The van der Waals surface area contributed by atoms with Crippen LogP contribution in [-0.2, 0) is 0 Å². The minimum atomic E-state index is 0.368. The van der Waals surface area contributed by atoms with Gasteiger partial charge in [-0.25, -0.2) is 0 Å². The fourth-order valence-electron chi connectivity index (χ4n) is 3.63. The van der Waals surface area contributed by atoms with Gasteiger partial charge in [0.05, 0.1) is 6.61 Å². The Kier molecular flexibility index (Phi) is 4.66. The molecule has 0 aromatic heterocycles. The van der Waals surface area contributed by atoms with Gasteiger partial charge in [0.1, 0.15) is 0 Å². The van der Waals surface area contributed by atoms with Crippen LogP contribution in [-0.4, -0.2) is 35.2 Å². The van der Waals surface area contributed by atoms with Gasteiger partial charge < -0.3 is 5.11 Å². The van der Waals surface area contributed by atoms with Gasteiger partial charge >= 0.3 is 0 Å². The van der Waals surface area contributed by atoms with E-state index in [9.17, 15) is 5.11 Å². The largest absolute Gasteiger partial charge is 0.395 e. The van der Waals surface area contributed by atoms with E-state index in [1.807, 2.05) is 0 Å². The van der Waals surface area contributed by atoms with E-state index in [-0.39, 0.29) is 0 Å². The molecule has 1 saturated carbocycles. The van der Waals surface area contributed by atoms with E-state index in [0.29, 0.717) is 12.6 Å². The highest BCUT2D eigenvalue weighted by Gasteiger charge is 2.31. The van der Waals surface area contributed by atoms with Crippen LogP contribution in [0.5, 0.6) is 0 Å². The zero-order valence-electron chi connectivity index (χ0n) is 10.7. The zero-order chi connectivity index (χ0) is 11.4. The minimum Gasteiger partial charge on any atom is -0.395 e. The summed E-state index contributed by atoms with van der Waals surface area (Å²) in [5.41, 5.74) is 0. The molecule has 16 heavy (non-hydrogen) atoms. The molecule has 2 rings (SSSR count). The standard InChI is InChI=1S/C14H27NO/c1-2-12-6-5-8-13(10-12)15-9-4-3-7-14(15)11-16/h12-14,16H,2-11H2,1H3. The van der Waals surface area contributed by atoms with Crippen molar-refractivity contribution in [1.29, 1.82) is 0 Å². The van der Waals surface area contributed by atoms with Gasteiger partial charge in [0, 0.05) is 12.1 Å². The van der Waals surface area contributed by atoms with Crippen LogP contribution in [0.15, 0.2) is 0 Å². The Labute approximate surface area is 100 Å². The van der Waals surface area contributed by atoms with Crippen LogP contribution in [0.1, 0.15) is 58.3 Å². The topological polar surface area (TPSA) is 23.5 Å². The molecule has 94 valence electrons. The molecule has 0 spiro atoms. The van der Waals surface area contributed by atoms with Gasteiger partial charge in [-0.1, -0.05) is 32.6 Å². The van der Waals surface area contributed by atoms with Crippen molar-refractivity contribution in [2.75, 3.05) is 13.2 Å². The summed E-state index contributed by atoms with van der Waals surface area (Å²) in [5, 5.41) is 9.47. The molecule has 1 saturated heterocycles. The van der Waals surface area contributed by atoms with Crippen LogP contribution >= 0.6 is 0 Å². The molecule has 2 fully saturated rings. The van der Waals surface area contributed by atoms with Crippen LogP contribution in [0.25, 0.3) is 0 Å². The number of piperidine rings is 1. The average molecular weight is 225 g/mol. The summed E-state index contributed by atoms with van der Waals surface area (Å²) in [4.78, 5) is 2.63. The molecule has 1 aliphatic carbocycles. The molecule has 2 heteroatoms. The maximum Gasteiger partial charge on any atom is 0.0586 e. The summed E-state index contributed by atoms with van der Waals surface area (Å²) in [6.07, 6.45) is 10.8. The SMILES string of the molecule is CCC1CCCC(N2CCCCC2CO)C1. The van der Waals surface area contributed by atoms with Crippen LogP contribution in [0.4, 0.5) is 0 Å². The van der Waals surface area contributed by atoms with Crippen LogP contribution in [0, 0.1) is 5.92 Å². The maximum atomic E-state index is 9.47. The lowest BCUT2D eigenvalue weighted by Crippen LogP contribution is -2.49. The summed E-state index contributed by atoms with van der Waals surface area (Å²) >= 11 is 0. The highest BCUT2D eigenvalue weighted by molar-refractivity contribution is 4.86. The van der Waals surface area contributed by atoms with E-state index in [4.69, 9.17) is 0 Å². The zero-order valence-corrected chi connectivity index (χ0v) is 10.7. The molecule has 0 aromatic carbocycles. The van der Waals surface area contributed by atoms with Crippen molar-refractivity contribution in [2.24, 2.45) is 5.92 Å². The number of hydrogen-bond acceptors (Lipinski definition) is 2. The molecule has 1 N–H and O–H groups in total. The first-order valence-corrected chi connectivity index (χ1v) is 7.21. The number of hydrogen-bond donors (Lipinski definition) is 1. The number of aliphatic hydroxyl groups excluding tert-OH is 1. The Morgan fingerprint density at radius 1 is 1.12 bits per heavy atom. The van der Waals surface area contributed by atoms with Crippen molar-refractivity contribution in [2.45, 2.75) is 70.4 Å². The molecule has 2 aliphatic rings. The lowest BCUT2D eigenvalue weighted by Gasteiger charge is -2.43. The van der Waals surface area contributed by atoms with Crippen LogP contribution in [0.2, 0.25) is 0 Å². The molecule has 0 bridgehead atoms. The van der Waals surface area contributed by atoms with E-state index in [0.717, 1.165) is 12.0 Å². The molecule has 1 heterocycles. The third-order valence-corrected chi connectivity index (χ3v) is 4.68. The van der Waals surface area contributed by atoms with Crippen molar-refractivity contribution >= 4 is 0 Å². The second kappa shape index (κ2) is 6.02. The first-order valence-electron chi connectivity index (χ1n) is 7.21. The summed E-state index contributed by atoms with van der Waals surface area (Å²) in [6.45, 7) is 3.92. The van der Waals surface area contributed by atoms with Gasteiger partial charge in [-0.3, -0.25) is 4.90 Å². The van der Waals surface area contributed by atoms with Crippen molar-refractivity contribution in [3.05, 3.63) is 0 Å². The fraction of sp³-hybridized carbons (Fsp3) is 1.00. The Morgan fingerprint density at radius 2 is 2.00 bits per heavy atom. The molecule has 0 aromatic rings. The van der Waals surface area contributed by atoms with Crippen molar-refractivity contribution < 1.29 is 5.11 Å². The fourth-order valence-corrected chi connectivity index (χ4v) is 3.63. The van der Waals surface area contributed by atoms with Gasteiger partial charge in [0.2, 0.25) is 0 Å². The van der Waals surface area contributed by atoms with Crippen LogP contribution < -0.4 is 0 Å². The summed E-state index contributed by atoms with van der Waals surface area (Å²) in [5.74, 6) is 0.944. The third kappa shape index (κ3) is 2.78. The highest BCUT2D eigenvalue weighted by atomic mass is 16.3. The van der Waals surface area contributed by atoms with E-state index in [2.05, 4.69) is 11.8 Å². The molecule has 2 nitrogen and oxygen atoms in total. The smallest absolute Gasteiger partial charge is 0.0586 e. The Balaban J connectivity index is 1.93. The molecule has 3 atom stereocenters. The van der Waals surface area contributed by atoms with E-state index in [1.165, 1.54) is 57.9 Å². The summed E-state index contributed by atoms with van der Waals surface area (Å²) < 4.78 is 0. The Morgan fingerprint density at radius 3 is 2.75 bits per heavy atom. The van der Waals surface area contributed by atoms with E-state index >= 15 is 0 Å². The van der Waals surface area contributed by atoms with Gasteiger partial charge in [-0.2, -0.15) is 0 Å². The molecule has 0 radical (unpaired) electrons. The quantitative estimate of drug-likeness (QED) is 0.798. The van der Waals surface area contributed by atoms with Crippen molar-refractivity contribution in [3.63, 3.8) is 0 Å². The second-order valence-corrected chi connectivity index (χ2v) is 5.66. The number of likely N-dealkylation sites (tertiary alicyclic amines) is 1. The first-order chi connectivity index (χ1) is 7.85. The third-order valence-electron chi connectivity index (χ3n) is 4.68. The summed E-state index contributed by atoms with van der Waals surface area (Å²) in [6, 6.07) is 1.24. The number of nitrogens with zero attached hydrogens (tertiary/aromatic N) is 1. The van der Waals surface area contributed by atoms with Crippen molar-refractivity contribution in [3.8, 4) is 0 Å². The van der Waals surface area contributed by atoms with E-state index in [1.54, 1.807) is 0 Å². The molecular formula is C14H27NO. The molecule has 0 amide bonds.